The third-order valence-corrected chi connectivity index (χ3v) is 2.66. The van der Waals surface area contributed by atoms with Crippen LogP contribution in [0.15, 0.2) is 34.7 Å². The Labute approximate surface area is 87.1 Å². The van der Waals surface area contributed by atoms with Gasteiger partial charge in [-0.05, 0) is 25.0 Å². The first kappa shape index (κ1) is 8.61. The van der Waals surface area contributed by atoms with Crippen LogP contribution in [0.25, 0.3) is 11.5 Å². The molecule has 0 amide bonds. The number of nitrogens with zero attached hydrogens (tertiary/aromatic N) is 2. The normalized spacial score (nSPS) is 17.7. The average Bonchev–Trinajstić information content (AvgIpc) is 2.85. The van der Waals surface area contributed by atoms with Crippen LogP contribution >= 0.6 is 0 Å². The molecule has 0 bridgehead atoms. The summed E-state index contributed by atoms with van der Waals surface area (Å²) >= 11 is 0. The van der Waals surface area contributed by atoms with E-state index in [0.717, 1.165) is 18.4 Å². The largest absolute Gasteiger partial charge is 0.419 e. The predicted molar refractivity (Wildman–Crippen MR) is 54.8 cm³/mol. The second-order valence-corrected chi connectivity index (χ2v) is 3.93. The molecule has 3 rings (SSSR count). The molecule has 1 aliphatic carbocycles. The first-order chi connectivity index (χ1) is 7.28. The quantitative estimate of drug-likeness (QED) is 0.802. The highest BCUT2D eigenvalue weighted by molar-refractivity contribution is 5.51. The van der Waals surface area contributed by atoms with E-state index in [9.17, 15) is 0 Å². The molecular weight excluding hydrogens is 190 g/mol. The smallest absolute Gasteiger partial charge is 0.247 e. The average molecular weight is 201 g/mol. The van der Waals surface area contributed by atoms with Crippen molar-refractivity contribution in [3.05, 3.63) is 36.2 Å². The van der Waals surface area contributed by atoms with Crippen molar-refractivity contribution in [3.63, 3.8) is 0 Å². The van der Waals surface area contributed by atoms with Crippen molar-refractivity contribution in [2.24, 2.45) is 5.73 Å². The van der Waals surface area contributed by atoms with E-state index in [1.807, 2.05) is 30.3 Å². The summed E-state index contributed by atoms with van der Waals surface area (Å²) < 4.78 is 5.55. The number of aromatic nitrogens is 2. The van der Waals surface area contributed by atoms with E-state index in [2.05, 4.69) is 10.2 Å². The van der Waals surface area contributed by atoms with Gasteiger partial charge in [0.2, 0.25) is 11.8 Å². The number of rotatable bonds is 2. The SMILES string of the molecule is NC1(c2nnc(-c3ccccc3)o2)CC1. The fourth-order valence-corrected chi connectivity index (χ4v) is 1.47. The van der Waals surface area contributed by atoms with E-state index in [1.54, 1.807) is 0 Å². The number of hydrogen-bond donors (Lipinski definition) is 1. The van der Waals surface area contributed by atoms with Gasteiger partial charge in [0.05, 0.1) is 5.54 Å². The van der Waals surface area contributed by atoms with Crippen molar-refractivity contribution in [1.82, 2.24) is 10.2 Å². The maximum absolute atomic E-state index is 5.96. The molecule has 0 aliphatic heterocycles. The molecule has 1 aromatic carbocycles. The second-order valence-electron chi connectivity index (χ2n) is 3.93. The monoisotopic (exact) mass is 201 g/mol. The molecule has 4 heteroatoms. The highest BCUT2D eigenvalue weighted by Gasteiger charge is 2.45. The molecule has 1 saturated carbocycles. The van der Waals surface area contributed by atoms with Crippen molar-refractivity contribution >= 4 is 0 Å². The first-order valence-corrected chi connectivity index (χ1v) is 4.96. The van der Waals surface area contributed by atoms with Gasteiger partial charge < -0.3 is 10.2 Å². The van der Waals surface area contributed by atoms with E-state index < -0.39 is 0 Å². The number of nitrogens with two attached hydrogens (primary N) is 1. The van der Waals surface area contributed by atoms with Gasteiger partial charge in [-0.15, -0.1) is 10.2 Å². The number of benzene rings is 1. The zero-order valence-electron chi connectivity index (χ0n) is 8.18. The van der Waals surface area contributed by atoms with Gasteiger partial charge in [0.1, 0.15) is 0 Å². The Morgan fingerprint density at radius 3 is 2.53 bits per heavy atom. The summed E-state index contributed by atoms with van der Waals surface area (Å²) in [5.41, 5.74) is 6.55. The Hall–Kier alpha value is -1.68. The molecule has 0 saturated heterocycles. The molecule has 4 nitrogen and oxygen atoms in total. The number of hydrogen-bond acceptors (Lipinski definition) is 4. The van der Waals surface area contributed by atoms with Crippen molar-refractivity contribution in [2.45, 2.75) is 18.4 Å². The zero-order valence-corrected chi connectivity index (χ0v) is 8.18. The van der Waals surface area contributed by atoms with Gasteiger partial charge in [-0.2, -0.15) is 0 Å². The van der Waals surface area contributed by atoms with Crippen LogP contribution in [0.5, 0.6) is 0 Å². The minimum Gasteiger partial charge on any atom is -0.419 e. The molecule has 2 N–H and O–H groups in total. The van der Waals surface area contributed by atoms with Gasteiger partial charge in [-0.25, -0.2) is 0 Å². The summed E-state index contributed by atoms with van der Waals surface area (Å²) in [7, 11) is 0. The molecule has 1 aliphatic rings. The van der Waals surface area contributed by atoms with E-state index in [0.29, 0.717) is 11.8 Å². The van der Waals surface area contributed by atoms with Crippen LogP contribution in [-0.4, -0.2) is 10.2 Å². The van der Waals surface area contributed by atoms with Crippen LogP contribution in [0.3, 0.4) is 0 Å². The van der Waals surface area contributed by atoms with Gasteiger partial charge in [-0.1, -0.05) is 18.2 Å². The first-order valence-electron chi connectivity index (χ1n) is 4.96. The molecule has 76 valence electrons. The zero-order chi connectivity index (χ0) is 10.3. The maximum Gasteiger partial charge on any atom is 0.247 e. The fraction of sp³-hybridized carbons (Fsp3) is 0.273. The summed E-state index contributed by atoms with van der Waals surface area (Å²) in [6.45, 7) is 0. The molecule has 1 fully saturated rings. The summed E-state index contributed by atoms with van der Waals surface area (Å²) in [5.74, 6) is 1.10. The van der Waals surface area contributed by atoms with Crippen LogP contribution < -0.4 is 5.73 Å². The van der Waals surface area contributed by atoms with Gasteiger partial charge in [0, 0.05) is 5.56 Å². The third-order valence-electron chi connectivity index (χ3n) is 2.66. The lowest BCUT2D eigenvalue weighted by Gasteiger charge is -1.99. The third kappa shape index (κ3) is 1.43. The molecule has 0 atom stereocenters. The Kier molecular flexibility index (Phi) is 1.67. The molecular formula is C11H11N3O. The van der Waals surface area contributed by atoms with Crippen LogP contribution in [0, 0.1) is 0 Å². The molecule has 0 radical (unpaired) electrons. The van der Waals surface area contributed by atoms with Gasteiger partial charge >= 0.3 is 0 Å². The van der Waals surface area contributed by atoms with Crippen molar-refractivity contribution < 1.29 is 4.42 Å². The standard InChI is InChI=1S/C11H11N3O/c12-11(6-7-11)10-14-13-9(15-10)8-4-2-1-3-5-8/h1-5H,6-7,12H2. The van der Waals surface area contributed by atoms with Crippen LogP contribution in [0.1, 0.15) is 18.7 Å². The summed E-state index contributed by atoms with van der Waals surface area (Å²) in [6, 6.07) is 9.70. The van der Waals surface area contributed by atoms with Crippen LogP contribution in [-0.2, 0) is 5.54 Å². The Morgan fingerprint density at radius 2 is 1.87 bits per heavy atom. The van der Waals surface area contributed by atoms with Gasteiger partial charge in [-0.3, -0.25) is 0 Å². The molecule has 1 aromatic heterocycles. The Balaban J connectivity index is 1.97. The van der Waals surface area contributed by atoms with Crippen molar-refractivity contribution in [2.75, 3.05) is 0 Å². The molecule has 15 heavy (non-hydrogen) atoms. The highest BCUT2D eigenvalue weighted by atomic mass is 16.4. The highest BCUT2D eigenvalue weighted by Crippen LogP contribution is 2.42. The second kappa shape index (κ2) is 2.90. The fourth-order valence-electron chi connectivity index (χ4n) is 1.47. The molecule has 0 unspecified atom stereocenters. The van der Waals surface area contributed by atoms with Gasteiger partial charge in [0.15, 0.2) is 0 Å². The van der Waals surface area contributed by atoms with E-state index in [1.165, 1.54) is 0 Å². The summed E-state index contributed by atoms with van der Waals surface area (Å²) in [5, 5.41) is 7.98. The lowest BCUT2D eigenvalue weighted by molar-refractivity contribution is 0.449. The van der Waals surface area contributed by atoms with Crippen LogP contribution in [0.2, 0.25) is 0 Å². The van der Waals surface area contributed by atoms with E-state index >= 15 is 0 Å². The van der Waals surface area contributed by atoms with E-state index in [4.69, 9.17) is 10.2 Å². The topological polar surface area (TPSA) is 64.9 Å². The van der Waals surface area contributed by atoms with Gasteiger partial charge in [0.25, 0.3) is 0 Å². The Bertz CT molecular complexity index is 474. The lowest BCUT2D eigenvalue weighted by atomic mass is 10.2. The Morgan fingerprint density at radius 1 is 1.13 bits per heavy atom. The minimum atomic E-state index is -0.347. The summed E-state index contributed by atoms with van der Waals surface area (Å²) in [4.78, 5) is 0. The van der Waals surface area contributed by atoms with Crippen molar-refractivity contribution in [3.8, 4) is 11.5 Å². The lowest BCUT2D eigenvalue weighted by Crippen LogP contribution is -2.18. The molecule has 0 spiro atoms. The predicted octanol–water partition coefficient (Wildman–Crippen LogP) is 1.68. The molecule has 2 aromatic rings. The minimum absolute atomic E-state index is 0.347. The van der Waals surface area contributed by atoms with Crippen LogP contribution in [0.4, 0.5) is 0 Å². The van der Waals surface area contributed by atoms with E-state index in [-0.39, 0.29) is 5.54 Å². The summed E-state index contributed by atoms with van der Waals surface area (Å²) in [6.07, 6.45) is 1.87. The van der Waals surface area contributed by atoms with Crippen molar-refractivity contribution in [1.29, 1.82) is 0 Å². The molecule has 1 heterocycles. The maximum atomic E-state index is 5.96.